The molecular weight excluding hydrogens is 340 g/mol. The first-order valence-electron chi connectivity index (χ1n) is 9.37. The van der Waals surface area contributed by atoms with Gasteiger partial charge < -0.3 is 14.9 Å². The van der Waals surface area contributed by atoms with Crippen LogP contribution in [0.5, 0.6) is 0 Å². The monoisotopic (exact) mass is 371 g/mol. The lowest BCUT2D eigenvalue weighted by molar-refractivity contribution is -0.870. The molecule has 1 aromatic rings. The van der Waals surface area contributed by atoms with Gasteiger partial charge in [0.2, 0.25) is 0 Å². The third-order valence-corrected chi connectivity index (χ3v) is 4.27. The average molecular weight is 372 g/mol. The first-order chi connectivity index (χ1) is 12.8. The number of carbonyl (C=O) groups excluding carboxylic acids is 1. The van der Waals surface area contributed by atoms with Crippen LogP contribution in [0.1, 0.15) is 19.8 Å². The molecule has 1 aromatic carbocycles. The Bertz CT molecular complexity index is 740. The molecule has 146 valence electrons. The topological polar surface area (TPSA) is 74.1 Å². The fraction of sp³-hybridized carbons (Fsp3) is 0.476. The molecule has 0 radical (unpaired) electrons. The summed E-state index contributed by atoms with van der Waals surface area (Å²) < 4.78 is 0.966. The number of aliphatic hydroxyl groups is 1. The lowest BCUT2D eigenvalue weighted by atomic mass is 9.95. The second kappa shape index (κ2) is 9.58. The summed E-state index contributed by atoms with van der Waals surface area (Å²) in [4.78, 5) is 20.9. The highest BCUT2D eigenvalue weighted by molar-refractivity contribution is 6.52. The number of nitrogens with one attached hydrogen (secondary N) is 1. The van der Waals surface area contributed by atoms with Crippen LogP contribution in [0.2, 0.25) is 0 Å². The zero-order valence-electron chi connectivity index (χ0n) is 16.8. The van der Waals surface area contributed by atoms with Crippen LogP contribution in [0.3, 0.4) is 0 Å². The number of ketones is 1. The highest BCUT2D eigenvalue weighted by atomic mass is 16.3. The van der Waals surface area contributed by atoms with Crippen molar-refractivity contribution in [1.29, 1.82) is 0 Å². The molecule has 0 heterocycles. The number of hydrogen-bond donors (Lipinski definition) is 2. The third-order valence-electron chi connectivity index (χ3n) is 4.27. The summed E-state index contributed by atoms with van der Waals surface area (Å²) in [6.45, 7) is 4.10. The molecule has 1 aliphatic rings. The van der Waals surface area contributed by atoms with Gasteiger partial charge in [-0.3, -0.25) is 9.79 Å². The Labute approximate surface area is 161 Å². The van der Waals surface area contributed by atoms with Crippen LogP contribution in [0.25, 0.3) is 0 Å². The molecule has 6 nitrogen and oxygen atoms in total. The second-order valence-electron chi connectivity index (χ2n) is 7.82. The zero-order chi connectivity index (χ0) is 19.9. The average Bonchev–Trinajstić information content (AvgIpc) is 2.61. The van der Waals surface area contributed by atoms with Crippen LogP contribution in [0.15, 0.2) is 45.9 Å². The van der Waals surface area contributed by atoms with Crippen molar-refractivity contribution in [2.75, 3.05) is 52.7 Å². The Hall–Kier alpha value is -2.31. The SMILES string of the molecule is CC1=CC(=Nc2ccc(NCCC[N+](C)(C)C)cc2)C(=NCCO)CC1=O. The summed E-state index contributed by atoms with van der Waals surface area (Å²) in [5.74, 6) is 0.0547. The Morgan fingerprint density at radius 2 is 1.89 bits per heavy atom. The molecule has 0 amide bonds. The summed E-state index contributed by atoms with van der Waals surface area (Å²) in [5.41, 5.74) is 3.91. The standard InChI is InChI=1S/C21H30N4O2/c1-16-14-20(19(15-21(16)27)23-11-13-26)24-18-8-6-17(7-9-18)22-10-5-12-25(2,3)4/h6-9,14,26H,5,10-13,15H2,1-4H3/p+1. The number of Topliss-reactive ketones (excluding diaryl/α,β-unsaturated/α-hetero) is 1. The van der Waals surface area contributed by atoms with Gasteiger partial charge in [0, 0.05) is 18.7 Å². The normalized spacial score (nSPS) is 18.1. The minimum atomic E-state index is -0.0396. The van der Waals surface area contributed by atoms with E-state index in [9.17, 15) is 4.79 Å². The summed E-state index contributed by atoms with van der Waals surface area (Å²) in [6, 6.07) is 7.94. The summed E-state index contributed by atoms with van der Waals surface area (Å²) in [7, 11) is 6.59. The highest BCUT2D eigenvalue weighted by Crippen LogP contribution is 2.19. The van der Waals surface area contributed by atoms with Crippen LogP contribution < -0.4 is 5.32 Å². The van der Waals surface area contributed by atoms with Gasteiger partial charge in [0.25, 0.3) is 0 Å². The van der Waals surface area contributed by atoms with Gasteiger partial charge in [0.05, 0.1) is 64.4 Å². The molecule has 0 atom stereocenters. The van der Waals surface area contributed by atoms with Gasteiger partial charge in [-0.1, -0.05) is 0 Å². The smallest absolute Gasteiger partial charge is 0.164 e. The number of rotatable bonds is 8. The van der Waals surface area contributed by atoms with E-state index in [2.05, 4.69) is 36.4 Å². The number of aliphatic imine (C=N–C) groups is 2. The lowest BCUT2D eigenvalue weighted by Gasteiger charge is -2.23. The predicted octanol–water partition coefficient (Wildman–Crippen LogP) is 2.62. The van der Waals surface area contributed by atoms with Crippen molar-refractivity contribution < 1.29 is 14.4 Å². The van der Waals surface area contributed by atoms with Gasteiger partial charge in [-0.2, -0.15) is 0 Å². The van der Waals surface area contributed by atoms with Gasteiger partial charge in [-0.25, -0.2) is 4.99 Å². The van der Waals surface area contributed by atoms with Gasteiger partial charge in [-0.05, 0) is 42.8 Å². The maximum atomic E-state index is 11.9. The number of benzene rings is 1. The van der Waals surface area contributed by atoms with Crippen molar-refractivity contribution in [2.45, 2.75) is 19.8 Å². The van der Waals surface area contributed by atoms with E-state index in [0.717, 1.165) is 35.4 Å². The summed E-state index contributed by atoms with van der Waals surface area (Å²) in [5, 5.41) is 12.4. The van der Waals surface area contributed by atoms with Crippen LogP contribution in [0.4, 0.5) is 11.4 Å². The first-order valence-corrected chi connectivity index (χ1v) is 9.37. The van der Waals surface area contributed by atoms with Gasteiger partial charge in [0.1, 0.15) is 0 Å². The molecule has 1 aliphatic carbocycles. The molecule has 0 bridgehead atoms. The number of allylic oxidation sites excluding steroid dienone is 2. The van der Waals surface area contributed by atoms with Crippen LogP contribution >= 0.6 is 0 Å². The molecule has 0 spiro atoms. The van der Waals surface area contributed by atoms with E-state index in [1.807, 2.05) is 24.3 Å². The van der Waals surface area contributed by atoms with Crippen molar-refractivity contribution in [3.63, 3.8) is 0 Å². The Balaban J connectivity index is 2.05. The largest absolute Gasteiger partial charge is 0.394 e. The third kappa shape index (κ3) is 7.07. The second-order valence-corrected chi connectivity index (χ2v) is 7.82. The molecular formula is C21H31N4O2+. The molecule has 0 aromatic heterocycles. The van der Waals surface area contributed by atoms with E-state index < -0.39 is 0 Å². The number of nitrogens with zero attached hydrogens (tertiary/aromatic N) is 3. The minimum Gasteiger partial charge on any atom is -0.394 e. The molecule has 0 saturated heterocycles. The van der Waals surface area contributed by atoms with Crippen LogP contribution in [-0.4, -0.2) is 74.2 Å². The Morgan fingerprint density at radius 1 is 1.19 bits per heavy atom. The van der Waals surface area contributed by atoms with E-state index in [0.29, 0.717) is 17.0 Å². The number of aliphatic hydroxyl groups excluding tert-OH is 1. The fourth-order valence-corrected chi connectivity index (χ4v) is 2.75. The Morgan fingerprint density at radius 3 is 2.52 bits per heavy atom. The molecule has 0 saturated carbocycles. The molecule has 0 unspecified atom stereocenters. The van der Waals surface area contributed by atoms with Crippen molar-refractivity contribution in [1.82, 2.24) is 0 Å². The van der Waals surface area contributed by atoms with E-state index in [-0.39, 0.29) is 25.4 Å². The van der Waals surface area contributed by atoms with E-state index >= 15 is 0 Å². The predicted molar refractivity (Wildman–Crippen MR) is 112 cm³/mol. The molecule has 2 rings (SSSR count). The number of hydrogen-bond acceptors (Lipinski definition) is 5. The molecule has 0 fully saturated rings. The van der Waals surface area contributed by atoms with E-state index in [1.165, 1.54) is 0 Å². The van der Waals surface area contributed by atoms with Crippen molar-refractivity contribution in [2.24, 2.45) is 9.98 Å². The van der Waals surface area contributed by atoms with Crippen LogP contribution in [-0.2, 0) is 4.79 Å². The minimum absolute atomic E-state index is 0.0396. The van der Waals surface area contributed by atoms with Crippen molar-refractivity contribution >= 4 is 28.6 Å². The molecule has 27 heavy (non-hydrogen) atoms. The van der Waals surface area contributed by atoms with Crippen molar-refractivity contribution in [3.8, 4) is 0 Å². The van der Waals surface area contributed by atoms with Gasteiger partial charge in [-0.15, -0.1) is 0 Å². The quantitative estimate of drug-likeness (QED) is 0.545. The molecule has 0 aliphatic heterocycles. The Kier molecular flexibility index (Phi) is 7.45. The maximum absolute atomic E-state index is 11.9. The van der Waals surface area contributed by atoms with Gasteiger partial charge >= 0.3 is 0 Å². The lowest BCUT2D eigenvalue weighted by Crippen LogP contribution is -2.36. The van der Waals surface area contributed by atoms with Crippen molar-refractivity contribution in [3.05, 3.63) is 35.9 Å². The summed E-state index contributed by atoms with van der Waals surface area (Å²) >= 11 is 0. The summed E-state index contributed by atoms with van der Waals surface area (Å²) in [6.07, 6.45) is 3.13. The molecule has 2 N–H and O–H groups in total. The van der Waals surface area contributed by atoms with E-state index in [4.69, 9.17) is 5.11 Å². The van der Waals surface area contributed by atoms with Crippen LogP contribution in [0, 0.1) is 0 Å². The van der Waals surface area contributed by atoms with Gasteiger partial charge in [0.15, 0.2) is 5.78 Å². The number of carbonyl (C=O) groups is 1. The van der Waals surface area contributed by atoms with E-state index in [1.54, 1.807) is 13.0 Å². The molecule has 6 heteroatoms. The zero-order valence-corrected chi connectivity index (χ0v) is 16.8. The fourth-order valence-electron chi connectivity index (χ4n) is 2.75. The maximum Gasteiger partial charge on any atom is 0.164 e. The number of anilines is 1. The highest BCUT2D eigenvalue weighted by Gasteiger charge is 2.20. The first kappa shape index (κ1) is 21.0. The number of quaternary nitrogens is 1.